The molecule has 6 nitrogen and oxygen atoms in total. The lowest BCUT2D eigenvalue weighted by Gasteiger charge is -2.17. The lowest BCUT2D eigenvalue weighted by Crippen LogP contribution is -2.44. The van der Waals surface area contributed by atoms with Crippen LogP contribution in [0.2, 0.25) is 0 Å². The monoisotopic (exact) mass is 308 g/mol. The standard InChI is InChI=1S/C14H16N2O4S/c1-7(2)10(14(18)19)15-12(17)11-8(3)21-13(16-11)9-5-4-6-20-9/h4-7,10H,1-3H3,(H,15,17)(H,18,19)/t10-/m1/s1. The van der Waals surface area contributed by atoms with Gasteiger partial charge in [0, 0.05) is 4.88 Å². The molecule has 0 aliphatic heterocycles. The summed E-state index contributed by atoms with van der Waals surface area (Å²) in [5.74, 6) is -1.17. The molecule has 21 heavy (non-hydrogen) atoms. The zero-order chi connectivity index (χ0) is 15.6. The fourth-order valence-corrected chi connectivity index (χ4v) is 2.71. The van der Waals surface area contributed by atoms with Crippen LogP contribution in [-0.2, 0) is 4.79 Å². The first-order chi connectivity index (χ1) is 9.90. The van der Waals surface area contributed by atoms with Crippen molar-refractivity contribution in [3.8, 4) is 10.8 Å². The van der Waals surface area contributed by atoms with E-state index in [2.05, 4.69) is 10.3 Å². The van der Waals surface area contributed by atoms with Crippen LogP contribution in [0.3, 0.4) is 0 Å². The molecule has 2 aromatic rings. The average Bonchev–Trinajstić information content (AvgIpc) is 3.03. The number of carbonyl (C=O) groups excluding carboxylic acids is 1. The van der Waals surface area contributed by atoms with E-state index in [1.807, 2.05) is 0 Å². The largest absolute Gasteiger partial charge is 0.480 e. The Bertz CT molecular complexity index is 646. The maximum atomic E-state index is 12.2. The maximum Gasteiger partial charge on any atom is 0.326 e. The summed E-state index contributed by atoms with van der Waals surface area (Å²) in [6.07, 6.45) is 1.53. The number of carboxylic acid groups (broad SMARTS) is 1. The number of aliphatic carboxylic acids is 1. The minimum absolute atomic E-state index is 0.213. The predicted molar refractivity (Wildman–Crippen MR) is 78.3 cm³/mol. The summed E-state index contributed by atoms with van der Waals surface area (Å²) in [5.41, 5.74) is 0.235. The number of rotatable bonds is 5. The molecule has 1 amide bonds. The number of thiazole rings is 1. The second kappa shape index (κ2) is 6.09. The first kappa shape index (κ1) is 15.2. The van der Waals surface area contributed by atoms with Crippen molar-refractivity contribution >= 4 is 23.2 Å². The van der Waals surface area contributed by atoms with Gasteiger partial charge in [-0.15, -0.1) is 11.3 Å². The normalized spacial score (nSPS) is 12.4. The third-order valence-corrected chi connectivity index (χ3v) is 3.95. The molecule has 2 aromatic heterocycles. The molecule has 0 saturated carbocycles. The van der Waals surface area contributed by atoms with E-state index >= 15 is 0 Å². The van der Waals surface area contributed by atoms with Gasteiger partial charge in [0.2, 0.25) is 0 Å². The molecule has 112 valence electrons. The Morgan fingerprint density at radius 1 is 1.43 bits per heavy atom. The fourth-order valence-electron chi connectivity index (χ4n) is 1.84. The van der Waals surface area contributed by atoms with E-state index in [0.717, 1.165) is 0 Å². The van der Waals surface area contributed by atoms with Crippen LogP contribution in [0.1, 0.15) is 29.2 Å². The van der Waals surface area contributed by atoms with Gasteiger partial charge in [0.25, 0.3) is 5.91 Å². The number of carbonyl (C=O) groups is 2. The van der Waals surface area contributed by atoms with Crippen molar-refractivity contribution in [2.45, 2.75) is 26.8 Å². The molecule has 2 heterocycles. The van der Waals surface area contributed by atoms with Crippen molar-refractivity contribution in [2.24, 2.45) is 5.92 Å². The van der Waals surface area contributed by atoms with Crippen molar-refractivity contribution in [3.63, 3.8) is 0 Å². The third-order valence-electron chi connectivity index (χ3n) is 2.96. The Balaban J connectivity index is 2.22. The summed E-state index contributed by atoms with van der Waals surface area (Å²) in [7, 11) is 0. The minimum Gasteiger partial charge on any atom is -0.480 e. The van der Waals surface area contributed by atoms with Gasteiger partial charge in [0.1, 0.15) is 11.7 Å². The van der Waals surface area contributed by atoms with Gasteiger partial charge in [0.05, 0.1) is 6.26 Å². The van der Waals surface area contributed by atoms with E-state index in [1.54, 1.807) is 32.9 Å². The van der Waals surface area contributed by atoms with Gasteiger partial charge < -0.3 is 14.8 Å². The number of hydrogen-bond donors (Lipinski definition) is 2. The third kappa shape index (κ3) is 3.30. The highest BCUT2D eigenvalue weighted by Crippen LogP contribution is 2.27. The smallest absolute Gasteiger partial charge is 0.326 e. The summed E-state index contributed by atoms with van der Waals surface area (Å²) in [4.78, 5) is 28.3. The number of aryl methyl sites for hydroxylation is 1. The molecule has 7 heteroatoms. The first-order valence-electron chi connectivity index (χ1n) is 6.45. The summed E-state index contributed by atoms with van der Waals surface area (Å²) in [6.45, 7) is 5.24. The lowest BCUT2D eigenvalue weighted by molar-refractivity contribution is -0.140. The quantitative estimate of drug-likeness (QED) is 0.885. The number of aromatic nitrogens is 1. The molecule has 0 aliphatic rings. The van der Waals surface area contributed by atoms with Crippen LogP contribution in [0.5, 0.6) is 0 Å². The molecule has 2 N–H and O–H groups in total. The van der Waals surface area contributed by atoms with Crippen LogP contribution in [-0.4, -0.2) is 28.0 Å². The van der Waals surface area contributed by atoms with Gasteiger partial charge in [-0.1, -0.05) is 13.8 Å². The van der Waals surface area contributed by atoms with Crippen LogP contribution in [0, 0.1) is 12.8 Å². The van der Waals surface area contributed by atoms with Crippen LogP contribution in [0.4, 0.5) is 0 Å². The number of hydrogen-bond acceptors (Lipinski definition) is 5. The summed E-state index contributed by atoms with van der Waals surface area (Å²) in [5, 5.41) is 12.2. The van der Waals surface area contributed by atoms with E-state index in [1.165, 1.54) is 17.6 Å². The maximum absolute atomic E-state index is 12.2. The Morgan fingerprint density at radius 3 is 2.67 bits per heavy atom. The van der Waals surface area contributed by atoms with Gasteiger partial charge in [0.15, 0.2) is 10.8 Å². The molecular weight excluding hydrogens is 292 g/mol. The van der Waals surface area contributed by atoms with E-state index < -0.39 is 17.9 Å². The van der Waals surface area contributed by atoms with Crippen molar-refractivity contribution in [1.29, 1.82) is 0 Å². The summed E-state index contributed by atoms with van der Waals surface area (Å²) >= 11 is 1.33. The van der Waals surface area contributed by atoms with E-state index in [9.17, 15) is 9.59 Å². The zero-order valence-corrected chi connectivity index (χ0v) is 12.7. The van der Waals surface area contributed by atoms with Gasteiger partial charge in [-0.2, -0.15) is 0 Å². The van der Waals surface area contributed by atoms with Crippen LogP contribution in [0.25, 0.3) is 10.8 Å². The molecule has 0 saturated heterocycles. The summed E-state index contributed by atoms with van der Waals surface area (Å²) in [6, 6.07) is 2.56. The zero-order valence-electron chi connectivity index (χ0n) is 11.9. The molecule has 0 bridgehead atoms. The Hall–Kier alpha value is -2.15. The molecule has 0 spiro atoms. The van der Waals surface area contributed by atoms with Gasteiger partial charge in [-0.05, 0) is 25.0 Å². The molecule has 1 atom stereocenters. The lowest BCUT2D eigenvalue weighted by atomic mass is 10.0. The molecule has 2 rings (SSSR count). The molecule has 0 fully saturated rings. The average molecular weight is 308 g/mol. The number of furan rings is 1. The molecule has 0 unspecified atom stereocenters. The van der Waals surface area contributed by atoms with E-state index in [0.29, 0.717) is 15.6 Å². The Labute approximate surface area is 125 Å². The van der Waals surface area contributed by atoms with Crippen molar-refractivity contribution < 1.29 is 19.1 Å². The second-order valence-corrected chi connectivity index (χ2v) is 6.14. The minimum atomic E-state index is -1.06. The van der Waals surface area contributed by atoms with Crippen molar-refractivity contribution in [2.75, 3.05) is 0 Å². The number of amides is 1. The van der Waals surface area contributed by atoms with Crippen LogP contribution in [0.15, 0.2) is 22.8 Å². The van der Waals surface area contributed by atoms with E-state index in [4.69, 9.17) is 9.52 Å². The predicted octanol–water partition coefficient (Wildman–Crippen LogP) is 2.55. The van der Waals surface area contributed by atoms with Gasteiger partial charge in [-0.3, -0.25) is 4.79 Å². The first-order valence-corrected chi connectivity index (χ1v) is 7.26. The van der Waals surface area contributed by atoms with Gasteiger partial charge >= 0.3 is 5.97 Å². The molecule has 0 radical (unpaired) electrons. The van der Waals surface area contributed by atoms with Crippen molar-refractivity contribution in [1.82, 2.24) is 10.3 Å². The Morgan fingerprint density at radius 2 is 2.14 bits per heavy atom. The second-order valence-electron chi connectivity index (χ2n) is 4.93. The van der Waals surface area contributed by atoms with Crippen molar-refractivity contribution in [3.05, 3.63) is 29.0 Å². The highest BCUT2D eigenvalue weighted by Gasteiger charge is 2.26. The van der Waals surface area contributed by atoms with Crippen LogP contribution >= 0.6 is 11.3 Å². The molecule has 0 aromatic carbocycles. The fraction of sp³-hybridized carbons (Fsp3) is 0.357. The highest BCUT2D eigenvalue weighted by atomic mass is 32.1. The summed E-state index contributed by atoms with van der Waals surface area (Å²) < 4.78 is 5.25. The Kier molecular flexibility index (Phi) is 4.42. The van der Waals surface area contributed by atoms with Crippen LogP contribution < -0.4 is 5.32 Å². The highest BCUT2D eigenvalue weighted by molar-refractivity contribution is 7.15. The van der Waals surface area contributed by atoms with E-state index in [-0.39, 0.29) is 11.6 Å². The number of nitrogens with one attached hydrogen (secondary N) is 1. The van der Waals surface area contributed by atoms with Gasteiger partial charge in [-0.25, -0.2) is 9.78 Å². The number of carboxylic acids is 1. The molecule has 0 aliphatic carbocycles. The molecular formula is C14H16N2O4S. The topological polar surface area (TPSA) is 92.4 Å². The number of nitrogens with zero attached hydrogens (tertiary/aromatic N) is 1. The SMILES string of the molecule is Cc1sc(-c2ccco2)nc1C(=O)N[C@@H](C(=O)O)C(C)C.